The fourth-order valence-corrected chi connectivity index (χ4v) is 4.11. The average molecular weight is 533 g/mol. The molecule has 0 fully saturated rings. The van der Waals surface area contributed by atoms with Crippen LogP contribution in [0.5, 0.6) is 5.75 Å². The van der Waals surface area contributed by atoms with Crippen LogP contribution >= 0.6 is 15.9 Å². The van der Waals surface area contributed by atoms with Crippen LogP contribution in [0.25, 0.3) is 0 Å². The molecule has 1 heterocycles. The zero-order valence-corrected chi connectivity index (χ0v) is 20.5. The molecule has 0 spiro atoms. The van der Waals surface area contributed by atoms with Crippen LogP contribution in [0.2, 0.25) is 0 Å². The van der Waals surface area contributed by atoms with E-state index in [2.05, 4.69) is 21.1 Å². The van der Waals surface area contributed by atoms with Gasteiger partial charge in [-0.25, -0.2) is 0 Å². The number of halogens is 1. The minimum absolute atomic E-state index is 0.0679. The van der Waals surface area contributed by atoms with E-state index < -0.39 is 0 Å². The Hall–Kier alpha value is -3.84. The topological polar surface area (TPSA) is 75.3 Å². The van der Waals surface area contributed by atoms with Gasteiger partial charge in [-0.3, -0.25) is 4.79 Å². The van der Waals surface area contributed by atoms with Gasteiger partial charge in [0.2, 0.25) is 0 Å². The minimum atomic E-state index is -0.332. The summed E-state index contributed by atoms with van der Waals surface area (Å²) in [6.45, 7) is 0.126. The maximum Gasteiger partial charge on any atom is 0.264 e. The number of carbonyl (C=O) groups is 1. The van der Waals surface area contributed by atoms with E-state index in [4.69, 9.17) is 9.25 Å². The van der Waals surface area contributed by atoms with Gasteiger partial charge in [0.25, 0.3) is 5.91 Å². The van der Waals surface area contributed by atoms with Crippen molar-refractivity contribution in [3.05, 3.63) is 124 Å². The molecule has 0 aliphatic rings. The molecule has 0 saturated carbocycles. The molecule has 6 nitrogen and oxygen atoms in total. The summed E-state index contributed by atoms with van der Waals surface area (Å²) in [7, 11) is 0. The smallest absolute Gasteiger partial charge is 0.264 e. The van der Waals surface area contributed by atoms with Crippen LogP contribution in [0, 0.1) is 0 Å². The van der Waals surface area contributed by atoms with Gasteiger partial charge in [-0.2, -0.15) is 0 Å². The summed E-state index contributed by atoms with van der Waals surface area (Å²) in [5.41, 5.74) is 2.56. The minimum Gasteiger partial charge on any atom is -0.507 e. The zero-order valence-electron chi connectivity index (χ0n) is 19.0. The van der Waals surface area contributed by atoms with Gasteiger partial charge in [-0.15, -0.1) is 0 Å². The van der Waals surface area contributed by atoms with Gasteiger partial charge >= 0.3 is 0 Å². The number of nitrogens with zero attached hydrogens (tertiary/aromatic N) is 2. The highest BCUT2D eigenvalue weighted by Crippen LogP contribution is 2.28. The molecule has 7 heteroatoms. The second-order valence-corrected chi connectivity index (χ2v) is 8.85. The third-order valence-corrected chi connectivity index (χ3v) is 5.97. The van der Waals surface area contributed by atoms with E-state index in [1.165, 1.54) is 6.21 Å². The number of amides is 1. The highest BCUT2D eigenvalue weighted by Gasteiger charge is 2.28. The van der Waals surface area contributed by atoms with Crippen molar-refractivity contribution in [1.29, 1.82) is 0 Å². The van der Waals surface area contributed by atoms with Crippen molar-refractivity contribution in [3.8, 4) is 5.75 Å². The van der Waals surface area contributed by atoms with Gasteiger partial charge in [0.05, 0.1) is 18.5 Å². The van der Waals surface area contributed by atoms with Crippen molar-refractivity contribution < 1.29 is 19.2 Å². The van der Waals surface area contributed by atoms with Gasteiger partial charge in [0, 0.05) is 23.0 Å². The third-order valence-electron chi connectivity index (χ3n) is 5.48. The standard InChI is InChI=1S/C28H25BrN2O4/c29-24-13-14-26(32)23(17-24)18-30-35-20-28(33)31(19-22-10-5-2-6-11-22)25(27-12-7-15-34-27)16-21-8-3-1-4-9-21/h1-15,17-18,25,32H,16,19-20H2/b30-18-/t25-/m1/s1. The SMILES string of the molecule is O=C(CO/N=C\c1cc(Br)ccc1O)N(Cc1ccccc1)[C@H](Cc1ccccc1)c1ccco1. The molecule has 0 aliphatic heterocycles. The van der Waals surface area contributed by atoms with Gasteiger partial charge < -0.3 is 19.3 Å². The molecule has 1 aromatic heterocycles. The largest absolute Gasteiger partial charge is 0.507 e. The summed E-state index contributed by atoms with van der Waals surface area (Å²) in [5.74, 6) is 0.529. The first-order valence-electron chi connectivity index (χ1n) is 11.1. The predicted molar refractivity (Wildman–Crippen MR) is 138 cm³/mol. The second-order valence-electron chi connectivity index (χ2n) is 7.94. The summed E-state index contributed by atoms with van der Waals surface area (Å²) >= 11 is 3.36. The molecule has 1 amide bonds. The Bertz CT molecular complexity index is 1240. The van der Waals surface area contributed by atoms with Crippen molar-refractivity contribution in [2.24, 2.45) is 5.16 Å². The van der Waals surface area contributed by atoms with Crippen molar-refractivity contribution in [2.75, 3.05) is 6.61 Å². The Kier molecular flexibility index (Phi) is 8.35. The fourth-order valence-electron chi connectivity index (χ4n) is 3.73. The van der Waals surface area contributed by atoms with E-state index >= 15 is 0 Å². The summed E-state index contributed by atoms with van der Waals surface area (Å²) in [5, 5.41) is 13.9. The lowest BCUT2D eigenvalue weighted by atomic mass is 10.0. The Balaban J connectivity index is 1.55. The van der Waals surface area contributed by atoms with Crippen LogP contribution in [0.3, 0.4) is 0 Å². The first-order chi connectivity index (χ1) is 17.1. The monoisotopic (exact) mass is 532 g/mol. The second kappa shape index (κ2) is 12.0. The lowest BCUT2D eigenvalue weighted by Crippen LogP contribution is -2.37. The Morgan fingerprint density at radius 1 is 1.00 bits per heavy atom. The summed E-state index contributed by atoms with van der Waals surface area (Å²) in [6.07, 6.45) is 3.58. The summed E-state index contributed by atoms with van der Waals surface area (Å²) in [6, 6.07) is 28.2. The van der Waals surface area contributed by atoms with Crippen molar-refractivity contribution in [3.63, 3.8) is 0 Å². The molecule has 4 rings (SSSR count). The molecule has 4 aromatic rings. The van der Waals surface area contributed by atoms with Crippen LogP contribution in [0.4, 0.5) is 0 Å². The van der Waals surface area contributed by atoms with Crippen LogP contribution < -0.4 is 0 Å². The number of rotatable bonds is 10. The molecule has 0 saturated heterocycles. The normalized spacial score (nSPS) is 11.9. The fraction of sp³-hybridized carbons (Fsp3) is 0.143. The molecular weight excluding hydrogens is 508 g/mol. The van der Waals surface area contributed by atoms with Crippen LogP contribution in [-0.2, 0) is 22.6 Å². The number of phenols is 1. The number of benzene rings is 3. The molecule has 0 unspecified atom stereocenters. The van der Waals surface area contributed by atoms with Crippen molar-refractivity contribution in [1.82, 2.24) is 4.90 Å². The quantitative estimate of drug-likeness (QED) is 0.197. The number of phenolic OH excluding ortho intramolecular Hbond substituents is 1. The predicted octanol–water partition coefficient (Wildman–Crippen LogP) is 6.11. The Morgan fingerprint density at radius 3 is 2.40 bits per heavy atom. The van der Waals surface area contributed by atoms with E-state index in [0.717, 1.165) is 15.6 Å². The highest BCUT2D eigenvalue weighted by atomic mass is 79.9. The van der Waals surface area contributed by atoms with Crippen molar-refractivity contribution in [2.45, 2.75) is 19.0 Å². The molecule has 0 aliphatic carbocycles. The lowest BCUT2D eigenvalue weighted by Gasteiger charge is -2.30. The average Bonchev–Trinajstić information content (AvgIpc) is 3.42. The highest BCUT2D eigenvalue weighted by molar-refractivity contribution is 9.10. The number of hydrogen-bond acceptors (Lipinski definition) is 5. The van der Waals surface area contributed by atoms with Gasteiger partial charge in [0.15, 0.2) is 6.61 Å². The van der Waals surface area contributed by atoms with Crippen LogP contribution in [0.1, 0.15) is 28.5 Å². The molecule has 178 valence electrons. The van der Waals surface area contributed by atoms with Gasteiger partial charge in [-0.1, -0.05) is 81.7 Å². The maximum absolute atomic E-state index is 13.4. The third kappa shape index (κ3) is 6.83. The van der Waals surface area contributed by atoms with Crippen molar-refractivity contribution >= 4 is 28.1 Å². The van der Waals surface area contributed by atoms with Crippen LogP contribution in [0.15, 0.2) is 111 Å². The number of furan rings is 1. The maximum atomic E-state index is 13.4. The van der Waals surface area contributed by atoms with E-state index in [-0.39, 0.29) is 24.3 Å². The number of carbonyl (C=O) groups excluding carboxylic acids is 1. The van der Waals surface area contributed by atoms with E-state index in [9.17, 15) is 9.90 Å². The van der Waals surface area contributed by atoms with E-state index in [1.54, 1.807) is 29.4 Å². The number of aromatic hydroxyl groups is 1. The number of hydrogen-bond donors (Lipinski definition) is 1. The first kappa shape index (κ1) is 24.3. The molecular formula is C28H25BrN2O4. The van der Waals surface area contributed by atoms with E-state index in [1.807, 2.05) is 72.8 Å². The van der Waals surface area contributed by atoms with E-state index in [0.29, 0.717) is 24.3 Å². The van der Waals surface area contributed by atoms with Crippen LogP contribution in [-0.4, -0.2) is 28.7 Å². The molecule has 1 atom stereocenters. The van der Waals surface area contributed by atoms with Gasteiger partial charge in [0.1, 0.15) is 11.5 Å². The molecule has 35 heavy (non-hydrogen) atoms. The molecule has 3 aromatic carbocycles. The summed E-state index contributed by atoms with van der Waals surface area (Å²) < 4.78 is 6.54. The lowest BCUT2D eigenvalue weighted by molar-refractivity contribution is -0.139. The Morgan fingerprint density at radius 2 is 1.71 bits per heavy atom. The molecule has 0 radical (unpaired) electrons. The zero-order chi connectivity index (χ0) is 24.5. The number of oxime groups is 1. The summed E-state index contributed by atoms with van der Waals surface area (Å²) in [4.78, 5) is 20.5. The first-order valence-corrected chi connectivity index (χ1v) is 11.9. The molecule has 0 bridgehead atoms. The van der Waals surface area contributed by atoms with Gasteiger partial charge in [-0.05, 0) is 41.5 Å². The Labute approximate surface area is 212 Å². The molecule has 1 N–H and O–H groups in total.